The van der Waals surface area contributed by atoms with Crippen LogP contribution in [0, 0.1) is 11.8 Å². The first-order chi connectivity index (χ1) is 7.97. The minimum absolute atomic E-state index is 0. The summed E-state index contributed by atoms with van der Waals surface area (Å²) in [4.78, 5) is 3.93. The highest BCUT2D eigenvalue weighted by atomic mass is 127. The van der Waals surface area contributed by atoms with Gasteiger partial charge in [-0.05, 0) is 25.2 Å². The summed E-state index contributed by atoms with van der Waals surface area (Å²) in [5, 5.41) is 5.88. The summed E-state index contributed by atoms with van der Waals surface area (Å²) in [7, 11) is 3.37. The van der Waals surface area contributed by atoms with Crippen LogP contribution in [0.15, 0.2) is 4.99 Å². The van der Waals surface area contributed by atoms with Crippen molar-refractivity contribution in [2.24, 2.45) is 16.8 Å². The zero-order chi connectivity index (χ0) is 12.9. The Balaban J connectivity index is 0.00000289. The minimum atomic E-state index is -4.04. The third-order valence-electron chi connectivity index (χ3n) is 3.26. The van der Waals surface area contributed by atoms with Crippen molar-refractivity contribution in [1.29, 1.82) is 0 Å². The van der Waals surface area contributed by atoms with Gasteiger partial charge < -0.3 is 10.6 Å². The lowest BCUT2D eigenvalue weighted by Crippen LogP contribution is -2.40. The van der Waals surface area contributed by atoms with Crippen molar-refractivity contribution in [1.82, 2.24) is 10.6 Å². The van der Waals surface area contributed by atoms with Crippen molar-refractivity contribution in [3.05, 3.63) is 0 Å². The molecule has 1 saturated carbocycles. The van der Waals surface area contributed by atoms with Crippen LogP contribution in [0.2, 0.25) is 0 Å². The van der Waals surface area contributed by atoms with E-state index in [9.17, 15) is 13.2 Å². The molecule has 18 heavy (non-hydrogen) atoms. The lowest BCUT2D eigenvalue weighted by atomic mass is 9.81. The summed E-state index contributed by atoms with van der Waals surface area (Å²) in [5.41, 5.74) is 0. The number of hydrogen-bond acceptors (Lipinski definition) is 1. The highest BCUT2D eigenvalue weighted by molar-refractivity contribution is 14.0. The van der Waals surface area contributed by atoms with Gasteiger partial charge in [0.25, 0.3) is 0 Å². The predicted molar refractivity (Wildman–Crippen MR) is 77.3 cm³/mol. The monoisotopic (exact) mass is 379 g/mol. The Hall–Kier alpha value is -0.210. The fraction of sp³-hybridized carbons (Fsp3) is 0.909. The van der Waals surface area contributed by atoms with Gasteiger partial charge in [-0.3, -0.25) is 4.99 Å². The molecule has 7 heteroatoms. The Morgan fingerprint density at radius 3 is 2.50 bits per heavy atom. The summed E-state index contributed by atoms with van der Waals surface area (Å²) >= 11 is 0. The van der Waals surface area contributed by atoms with Crippen molar-refractivity contribution in [2.45, 2.75) is 31.9 Å². The van der Waals surface area contributed by atoms with Gasteiger partial charge in [-0.15, -0.1) is 24.0 Å². The molecule has 3 nitrogen and oxygen atoms in total. The zero-order valence-corrected chi connectivity index (χ0v) is 13.0. The number of alkyl halides is 3. The van der Waals surface area contributed by atoms with E-state index in [2.05, 4.69) is 15.6 Å². The van der Waals surface area contributed by atoms with Gasteiger partial charge in [-0.1, -0.05) is 6.42 Å². The van der Waals surface area contributed by atoms with E-state index in [0.29, 0.717) is 18.9 Å². The SMILES string of the molecule is CN=C(NC)NCC1CCCC(C(F)(F)F)C1.I. The normalized spacial score (nSPS) is 25.3. The molecule has 1 rings (SSSR count). The van der Waals surface area contributed by atoms with Crippen molar-refractivity contribution in [3.8, 4) is 0 Å². The maximum Gasteiger partial charge on any atom is 0.391 e. The number of rotatable bonds is 2. The summed E-state index contributed by atoms with van der Waals surface area (Å²) in [5.74, 6) is -0.417. The van der Waals surface area contributed by atoms with Gasteiger partial charge in [-0.2, -0.15) is 13.2 Å². The first-order valence-electron chi connectivity index (χ1n) is 5.92. The van der Waals surface area contributed by atoms with Crippen LogP contribution in [0.1, 0.15) is 25.7 Å². The summed E-state index contributed by atoms with van der Waals surface area (Å²) < 4.78 is 37.8. The molecule has 0 radical (unpaired) electrons. The van der Waals surface area contributed by atoms with Crippen LogP contribution in [-0.4, -0.2) is 32.8 Å². The molecule has 0 amide bonds. The van der Waals surface area contributed by atoms with Crippen molar-refractivity contribution < 1.29 is 13.2 Å². The average Bonchev–Trinajstić information content (AvgIpc) is 2.30. The maximum absolute atomic E-state index is 12.6. The smallest absolute Gasteiger partial charge is 0.359 e. The third kappa shape index (κ3) is 5.62. The highest BCUT2D eigenvalue weighted by Gasteiger charge is 2.41. The van der Waals surface area contributed by atoms with Crippen LogP contribution >= 0.6 is 24.0 Å². The average molecular weight is 379 g/mol. The van der Waals surface area contributed by atoms with E-state index in [-0.39, 0.29) is 42.7 Å². The summed E-state index contributed by atoms with van der Waals surface area (Å²) in [6.07, 6.45) is -2.00. The van der Waals surface area contributed by atoms with Crippen LogP contribution < -0.4 is 10.6 Å². The van der Waals surface area contributed by atoms with Crippen LogP contribution in [0.3, 0.4) is 0 Å². The van der Waals surface area contributed by atoms with E-state index in [1.807, 2.05) is 0 Å². The van der Waals surface area contributed by atoms with Crippen LogP contribution in [0.5, 0.6) is 0 Å². The molecule has 2 N–H and O–H groups in total. The van der Waals surface area contributed by atoms with Crippen LogP contribution in [0.25, 0.3) is 0 Å². The second kappa shape index (κ2) is 8.06. The lowest BCUT2D eigenvalue weighted by Gasteiger charge is -2.30. The van der Waals surface area contributed by atoms with E-state index < -0.39 is 12.1 Å². The zero-order valence-electron chi connectivity index (χ0n) is 10.7. The van der Waals surface area contributed by atoms with Gasteiger partial charge >= 0.3 is 6.18 Å². The number of hydrogen-bond donors (Lipinski definition) is 2. The number of nitrogens with one attached hydrogen (secondary N) is 2. The summed E-state index contributed by atoms with van der Waals surface area (Å²) in [6.45, 7) is 0.556. The molecule has 0 aromatic heterocycles. The Bertz CT molecular complexity index is 269. The molecule has 0 bridgehead atoms. The fourth-order valence-electron chi connectivity index (χ4n) is 2.29. The first-order valence-corrected chi connectivity index (χ1v) is 5.92. The van der Waals surface area contributed by atoms with Crippen LogP contribution in [0.4, 0.5) is 13.2 Å². The largest absolute Gasteiger partial charge is 0.391 e. The Kier molecular flexibility index (Phi) is 7.97. The highest BCUT2D eigenvalue weighted by Crippen LogP contribution is 2.39. The van der Waals surface area contributed by atoms with Crippen molar-refractivity contribution >= 4 is 29.9 Å². The Morgan fingerprint density at radius 2 is 2.00 bits per heavy atom. The second-order valence-electron chi connectivity index (χ2n) is 4.47. The predicted octanol–water partition coefficient (Wildman–Crippen LogP) is 2.77. The number of aliphatic imine (C=N–C) groups is 1. The molecule has 2 atom stereocenters. The number of guanidine groups is 1. The van der Waals surface area contributed by atoms with Gasteiger partial charge in [0.2, 0.25) is 0 Å². The van der Waals surface area contributed by atoms with Gasteiger partial charge in [0.1, 0.15) is 0 Å². The minimum Gasteiger partial charge on any atom is -0.359 e. The molecule has 0 aromatic carbocycles. The Labute approximate surface area is 123 Å². The van der Waals surface area contributed by atoms with E-state index >= 15 is 0 Å². The van der Waals surface area contributed by atoms with E-state index in [1.165, 1.54) is 0 Å². The standard InChI is InChI=1S/C11H20F3N3.HI/c1-15-10(16-2)17-7-8-4-3-5-9(6-8)11(12,13)14;/h8-9H,3-7H2,1-2H3,(H2,15,16,17);1H. The van der Waals surface area contributed by atoms with Gasteiger partial charge in [-0.25, -0.2) is 0 Å². The first kappa shape index (κ1) is 17.8. The molecular weight excluding hydrogens is 358 g/mol. The van der Waals surface area contributed by atoms with E-state index in [1.54, 1.807) is 14.1 Å². The molecule has 0 heterocycles. The van der Waals surface area contributed by atoms with E-state index in [4.69, 9.17) is 0 Å². The molecule has 2 unspecified atom stereocenters. The van der Waals surface area contributed by atoms with Crippen molar-refractivity contribution in [3.63, 3.8) is 0 Å². The molecule has 1 aliphatic carbocycles. The summed E-state index contributed by atoms with van der Waals surface area (Å²) in [6, 6.07) is 0. The molecular formula is C11H21F3IN3. The van der Waals surface area contributed by atoms with Gasteiger partial charge in [0.15, 0.2) is 5.96 Å². The van der Waals surface area contributed by atoms with Crippen molar-refractivity contribution in [2.75, 3.05) is 20.6 Å². The topological polar surface area (TPSA) is 36.4 Å². The molecule has 0 aliphatic heterocycles. The molecule has 0 saturated heterocycles. The molecule has 1 aliphatic rings. The fourth-order valence-corrected chi connectivity index (χ4v) is 2.29. The third-order valence-corrected chi connectivity index (χ3v) is 3.26. The molecule has 1 fully saturated rings. The van der Waals surface area contributed by atoms with E-state index in [0.717, 1.165) is 6.42 Å². The van der Waals surface area contributed by atoms with Gasteiger partial charge in [0.05, 0.1) is 5.92 Å². The number of halogens is 4. The molecule has 0 spiro atoms. The quantitative estimate of drug-likeness (QED) is 0.440. The Morgan fingerprint density at radius 1 is 1.33 bits per heavy atom. The van der Waals surface area contributed by atoms with Crippen LogP contribution in [-0.2, 0) is 0 Å². The second-order valence-corrected chi connectivity index (χ2v) is 4.47. The van der Waals surface area contributed by atoms with Gasteiger partial charge in [0, 0.05) is 20.6 Å². The maximum atomic E-state index is 12.6. The number of nitrogens with zero attached hydrogens (tertiary/aromatic N) is 1. The molecule has 108 valence electrons. The molecule has 0 aromatic rings. The lowest BCUT2D eigenvalue weighted by molar-refractivity contribution is -0.185.